The SMILES string of the molecule is Cc1ccc2cc(C(=O)Cc3cc(N)ccc3F)ccc2n1. The minimum atomic E-state index is -0.416. The second-order valence-electron chi connectivity index (χ2n) is 5.31. The summed E-state index contributed by atoms with van der Waals surface area (Å²) in [6.45, 7) is 1.92. The number of carbonyl (C=O) groups excluding carboxylic acids is 1. The van der Waals surface area contributed by atoms with Gasteiger partial charge in [0.2, 0.25) is 0 Å². The third kappa shape index (κ3) is 2.81. The summed E-state index contributed by atoms with van der Waals surface area (Å²) >= 11 is 0. The normalized spacial score (nSPS) is 10.8. The molecule has 0 atom stereocenters. The van der Waals surface area contributed by atoms with E-state index in [0.717, 1.165) is 16.6 Å². The predicted octanol–water partition coefficient (Wildman–Crippen LogP) is 3.69. The zero-order chi connectivity index (χ0) is 15.7. The van der Waals surface area contributed by atoms with Crippen LogP contribution < -0.4 is 5.73 Å². The number of ketones is 1. The molecule has 3 nitrogen and oxygen atoms in total. The van der Waals surface area contributed by atoms with Gasteiger partial charge in [-0.15, -0.1) is 0 Å². The van der Waals surface area contributed by atoms with E-state index in [1.807, 2.05) is 25.1 Å². The Kier molecular flexibility index (Phi) is 3.59. The number of aryl methyl sites for hydroxylation is 1. The quantitative estimate of drug-likeness (QED) is 0.592. The summed E-state index contributed by atoms with van der Waals surface area (Å²) in [4.78, 5) is 16.8. The first-order valence-electron chi connectivity index (χ1n) is 6.97. The Hall–Kier alpha value is -2.75. The lowest BCUT2D eigenvalue weighted by molar-refractivity contribution is 0.0992. The van der Waals surface area contributed by atoms with Crippen LogP contribution in [0.5, 0.6) is 0 Å². The Balaban J connectivity index is 1.92. The number of carbonyl (C=O) groups is 1. The minimum absolute atomic E-state index is 0.0122. The fourth-order valence-electron chi connectivity index (χ4n) is 2.41. The zero-order valence-corrected chi connectivity index (χ0v) is 12.1. The molecular formula is C18H15FN2O. The molecule has 0 fully saturated rings. The zero-order valence-electron chi connectivity index (χ0n) is 12.1. The molecule has 2 N–H and O–H groups in total. The maximum absolute atomic E-state index is 13.7. The highest BCUT2D eigenvalue weighted by atomic mass is 19.1. The number of anilines is 1. The summed E-state index contributed by atoms with van der Waals surface area (Å²) in [6, 6.07) is 13.4. The van der Waals surface area contributed by atoms with Crippen molar-refractivity contribution < 1.29 is 9.18 Å². The molecule has 0 amide bonds. The molecule has 0 aliphatic carbocycles. The summed E-state index contributed by atoms with van der Waals surface area (Å²) < 4.78 is 13.7. The van der Waals surface area contributed by atoms with E-state index in [4.69, 9.17) is 5.73 Å². The molecule has 0 unspecified atom stereocenters. The van der Waals surface area contributed by atoms with Crippen molar-refractivity contribution in [3.8, 4) is 0 Å². The summed E-state index contributed by atoms with van der Waals surface area (Å²) in [5, 5.41) is 0.893. The molecule has 22 heavy (non-hydrogen) atoms. The highest BCUT2D eigenvalue weighted by molar-refractivity contribution is 6.00. The monoisotopic (exact) mass is 294 g/mol. The Bertz CT molecular complexity index is 874. The smallest absolute Gasteiger partial charge is 0.167 e. The number of halogens is 1. The van der Waals surface area contributed by atoms with Crippen molar-refractivity contribution in [3.05, 3.63) is 71.2 Å². The molecule has 0 bridgehead atoms. The van der Waals surface area contributed by atoms with E-state index in [1.54, 1.807) is 12.1 Å². The number of rotatable bonds is 3. The lowest BCUT2D eigenvalue weighted by Gasteiger charge is -2.06. The van der Waals surface area contributed by atoms with Gasteiger partial charge in [0.25, 0.3) is 0 Å². The first kappa shape index (κ1) is 14.2. The van der Waals surface area contributed by atoms with E-state index in [2.05, 4.69) is 4.98 Å². The van der Waals surface area contributed by atoms with Gasteiger partial charge in [-0.25, -0.2) is 4.39 Å². The molecule has 0 saturated carbocycles. The van der Waals surface area contributed by atoms with Crippen LogP contribution in [0.4, 0.5) is 10.1 Å². The van der Waals surface area contributed by atoms with Crippen LogP contribution in [0.25, 0.3) is 10.9 Å². The standard InChI is InChI=1S/C18H15FN2O/c1-11-2-3-12-8-13(4-7-17(12)21-11)18(22)10-14-9-15(20)5-6-16(14)19/h2-9H,10,20H2,1H3. The van der Waals surface area contributed by atoms with Crippen molar-refractivity contribution in [1.29, 1.82) is 0 Å². The van der Waals surface area contributed by atoms with Crippen LogP contribution in [-0.2, 0) is 6.42 Å². The van der Waals surface area contributed by atoms with Crippen LogP contribution in [0, 0.1) is 12.7 Å². The third-order valence-corrected chi connectivity index (χ3v) is 3.57. The van der Waals surface area contributed by atoms with Gasteiger partial charge in [-0.3, -0.25) is 9.78 Å². The van der Waals surface area contributed by atoms with E-state index in [1.165, 1.54) is 18.2 Å². The molecule has 0 spiro atoms. The fraction of sp³-hybridized carbons (Fsp3) is 0.111. The predicted molar refractivity (Wildman–Crippen MR) is 85.3 cm³/mol. The maximum Gasteiger partial charge on any atom is 0.167 e. The number of aromatic nitrogens is 1. The highest BCUT2D eigenvalue weighted by Gasteiger charge is 2.12. The Morgan fingerprint density at radius 1 is 1.14 bits per heavy atom. The average molecular weight is 294 g/mol. The van der Waals surface area contributed by atoms with Crippen LogP contribution in [-0.4, -0.2) is 10.8 Å². The summed E-state index contributed by atoms with van der Waals surface area (Å²) in [5.41, 5.74) is 8.71. The molecule has 2 aromatic carbocycles. The van der Waals surface area contributed by atoms with Crippen LogP contribution in [0.15, 0.2) is 48.5 Å². The molecule has 1 aromatic heterocycles. The number of pyridine rings is 1. The number of Topliss-reactive ketones (excluding diaryl/α,β-unsaturated/α-hetero) is 1. The van der Waals surface area contributed by atoms with Crippen LogP contribution in [0.3, 0.4) is 0 Å². The van der Waals surface area contributed by atoms with Gasteiger partial charge in [-0.2, -0.15) is 0 Å². The van der Waals surface area contributed by atoms with E-state index < -0.39 is 5.82 Å². The van der Waals surface area contributed by atoms with Crippen molar-refractivity contribution in [2.75, 3.05) is 5.73 Å². The van der Waals surface area contributed by atoms with Crippen LogP contribution in [0.1, 0.15) is 21.6 Å². The van der Waals surface area contributed by atoms with E-state index in [0.29, 0.717) is 16.8 Å². The Morgan fingerprint density at radius 2 is 1.95 bits per heavy atom. The van der Waals surface area contributed by atoms with Crippen LogP contribution >= 0.6 is 0 Å². The van der Waals surface area contributed by atoms with Crippen LogP contribution in [0.2, 0.25) is 0 Å². The number of hydrogen-bond acceptors (Lipinski definition) is 3. The summed E-state index contributed by atoms with van der Waals surface area (Å²) in [6.07, 6.45) is -0.0122. The molecular weight excluding hydrogens is 279 g/mol. The number of hydrogen-bond donors (Lipinski definition) is 1. The molecule has 3 rings (SSSR count). The second-order valence-corrected chi connectivity index (χ2v) is 5.31. The molecule has 4 heteroatoms. The third-order valence-electron chi connectivity index (χ3n) is 3.57. The van der Waals surface area contributed by atoms with E-state index >= 15 is 0 Å². The highest BCUT2D eigenvalue weighted by Crippen LogP contribution is 2.18. The molecule has 0 saturated heterocycles. The average Bonchev–Trinajstić information content (AvgIpc) is 2.50. The van der Waals surface area contributed by atoms with Crippen molar-refractivity contribution in [3.63, 3.8) is 0 Å². The molecule has 110 valence electrons. The summed E-state index contributed by atoms with van der Waals surface area (Å²) in [7, 11) is 0. The largest absolute Gasteiger partial charge is 0.399 e. The number of nitrogens with zero attached hydrogens (tertiary/aromatic N) is 1. The maximum atomic E-state index is 13.7. The van der Waals surface area contributed by atoms with E-state index in [-0.39, 0.29) is 12.2 Å². The molecule has 0 radical (unpaired) electrons. The molecule has 0 aliphatic heterocycles. The number of benzene rings is 2. The van der Waals surface area contributed by atoms with Gasteiger partial charge in [-0.1, -0.05) is 6.07 Å². The van der Waals surface area contributed by atoms with Gasteiger partial charge >= 0.3 is 0 Å². The minimum Gasteiger partial charge on any atom is -0.399 e. The van der Waals surface area contributed by atoms with Crippen molar-refractivity contribution in [2.45, 2.75) is 13.3 Å². The van der Waals surface area contributed by atoms with Crippen molar-refractivity contribution >= 4 is 22.4 Å². The number of fused-ring (bicyclic) bond motifs is 1. The molecule has 3 aromatic rings. The first-order valence-corrected chi connectivity index (χ1v) is 6.97. The van der Waals surface area contributed by atoms with Gasteiger partial charge in [-0.05, 0) is 55.0 Å². The van der Waals surface area contributed by atoms with Gasteiger partial charge in [0.1, 0.15) is 5.82 Å². The van der Waals surface area contributed by atoms with Crippen molar-refractivity contribution in [2.24, 2.45) is 0 Å². The topological polar surface area (TPSA) is 56.0 Å². The number of nitrogen functional groups attached to an aromatic ring is 1. The van der Waals surface area contributed by atoms with Gasteiger partial charge < -0.3 is 5.73 Å². The molecule has 1 heterocycles. The van der Waals surface area contributed by atoms with Crippen molar-refractivity contribution in [1.82, 2.24) is 4.98 Å². The van der Waals surface area contributed by atoms with Gasteiger partial charge in [0.15, 0.2) is 5.78 Å². The van der Waals surface area contributed by atoms with Gasteiger partial charge in [0, 0.05) is 28.8 Å². The molecule has 0 aliphatic rings. The van der Waals surface area contributed by atoms with Gasteiger partial charge in [0.05, 0.1) is 5.52 Å². The first-order chi connectivity index (χ1) is 10.5. The fourth-order valence-corrected chi connectivity index (χ4v) is 2.41. The van der Waals surface area contributed by atoms with E-state index in [9.17, 15) is 9.18 Å². The Morgan fingerprint density at radius 3 is 2.77 bits per heavy atom. The lowest BCUT2D eigenvalue weighted by atomic mass is 10.0. The number of nitrogens with two attached hydrogens (primary N) is 1. The lowest BCUT2D eigenvalue weighted by Crippen LogP contribution is -2.06. The Labute approximate surface area is 127 Å². The summed E-state index contributed by atoms with van der Waals surface area (Å²) in [5.74, 6) is -0.562. The second kappa shape index (κ2) is 5.56.